The van der Waals surface area contributed by atoms with Gasteiger partial charge in [0.2, 0.25) is 5.41 Å². The number of hydrogen-bond donors (Lipinski definition) is 0. The van der Waals surface area contributed by atoms with Gasteiger partial charge in [0.05, 0.1) is 0 Å². The van der Waals surface area contributed by atoms with Crippen molar-refractivity contribution in [2.45, 2.75) is 17.8 Å². The van der Waals surface area contributed by atoms with Crippen molar-refractivity contribution in [3.05, 3.63) is 69.5 Å². The van der Waals surface area contributed by atoms with E-state index in [2.05, 4.69) is 10.4 Å². The maximum atomic E-state index is 13.7. The van der Waals surface area contributed by atoms with Gasteiger partial charge in [0.1, 0.15) is 11.4 Å². The fourth-order valence-corrected chi connectivity index (χ4v) is 2.53. The summed E-state index contributed by atoms with van der Waals surface area (Å²) in [7, 11) is 0. The van der Waals surface area contributed by atoms with Gasteiger partial charge in [-0.2, -0.15) is 26.3 Å². The van der Waals surface area contributed by atoms with Gasteiger partial charge in [-0.05, 0) is 45.7 Å². The smallest absolute Gasteiger partial charge is 0.169 e. The molecule has 25 heavy (non-hydrogen) atoms. The zero-order valence-corrected chi connectivity index (χ0v) is 12.1. The summed E-state index contributed by atoms with van der Waals surface area (Å²) in [5.74, 6) is 0. The standard InChI is InChI=1S/C15H8F6N2O2/c16-14(17,18)13(15(19,20)21,9-1-5-11(22-24)6-2-9)10-3-7-12(23-25)8-4-10/h1-8H. The highest BCUT2D eigenvalue weighted by Gasteiger charge is 2.72. The SMILES string of the molecule is O=Nc1ccc(C(c2ccc(N=O)cc2)(C(F)(F)F)C(F)(F)F)cc1. The molecular formula is C15H8F6N2O2. The maximum absolute atomic E-state index is 13.7. The van der Waals surface area contributed by atoms with Crippen LogP contribution in [0.2, 0.25) is 0 Å². The van der Waals surface area contributed by atoms with E-state index in [9.17, 15) is 36.2 Å². The first kappa shape index (κ1) is 18.6. The van der Waals surface area contributed by atoms with Crippen molar-refractivity contribution in [1.29, 1.82) is 0 Å². The number of alkyl halides is 6. The van der Waals surface area contributed by atoms with Crippen LogP contribution in [-0.4, -0.2) is 12.4 Å². The highest BCUT2D eigenvalue weighted by Crippen LogP contribution is 2.56. The molecule has 0 saturated heterocycles. The highest BCUT2D eigenvalue weighted by molar-refractivity contribution is 5.50. The van der Waals surface area contributed by atoms with Gasteiger partial charge in [-0.15, -0.1) is 9.81 Å². The van der Waals surface area contributed by atoms with Crippen molar-refractivity contribution in [2.75, 3.05) is 0 Å². The molecule has 0 saturated carbocycles. The van der Waals surface area contributed by atoms with Crippen molar-refractivity contribution in [1.82, 2.24) is 0 Å². The van der Waals surface area contributed by atoms with E-state index < -0.39 is 28.9 Å². The summed E-state index contributed by atoms with van der Waals surface area (Å²) in [5.41, 5.74) is -7.24. The molecule has 0 unspecified atom stereocenters. The van der Waals surface area contributed by atoms with Crippen LogP contribution in [0.1, 0.15) is 11.1 Å². The minimum atomic E-state index is -5.75. The molecule has 0 amide bonds. The molecule has 0 N–H and O–H groups in total. The molecule has 2 aromatic carbocycles. The first-order chi connectivity index (χ1) is 11.6. The van der Waals surface area contributed by atoms with Crippen molar-refractivity contribution in [3.8, 4) is 0 Å². The van der Waals surface area contributed by atoms with Crippen LogP contribution in [0.15, 0.2) is 58.9 Å². The highest BCUT2D eigenvalue weighted by atomic mass is 19.4. The predicted molar refractivity (Wildman–Crippen MR) is 76.7 cm³/mol. The average Bonchev–Trinajstić information content (AvgIpc) is 2.54. The lowest BCUT2D eigenvalue weighted by Crippen LogP contribution is -2.54. The lowest BCUT2D eigenvalue weighted by atomic mass is 9.73. The molecule has 0 heterocycles. The van der Waals surface area contributed by atoms with Crippen molar-refractivity contribution in [3.63, 3.8) is 0 Å². The van der Waals surface area contributed by atoms with Crippen LogP contribution in [-0.2, 0) is 5.41 Å². The summed E-state index contributed by atoms with van der Waals surface area (Å²) < 4.78 is 82.3. The summed E-state index contributed by atoms with van der Waals surface area (Å²) >= 11 is 0. The molecule has 132 valence electrons. The van der Waals surface area contributed by atoms with E-state index in [0.717, 1.165) is 24.3 Å². The van der Waals surface area contributed by atoms with Gasteiger partial charge in [-0.25, -0.2) is 0 Å². The molecule has 2 rings (SSSR count). The van der Waals surface area contributed by atoms with Gasteiger partial charge in [0.25, 0.3) is 0 Å². The fraction of sp³-hybridized carbons (Fsp3) is 0.200. The molecule has 0 aliphatic carbocycles. The van der Waals surface area contributed by atoms with E-state index in [4.69, 9.17) is 0 Å². The Morgan fingerprint density at radius 1 is 0.560 bits per heavy atom. The van der Waals surface area contributed by atoms with Crippen LogP contribution in [0, 0.1) is 9.81 Å². The summed E-state index contributed by atoms with van der Waals surface area (Å²) in [6.45, 7) is 0. The van der Waals surface area contributed by atoms with E-state index in [1.807, 2.05) is 0 Å². The lowest BCUT2D eigenvalue weighted by molar-refractivity contribution is -0.288. The van der Waals surface area contributed by atoms with Crippen LogP contribution in [0.3, 0.4) is 0 Å². The Morgan fingerprint density at radius 3 is 1.04 bits per heavy atom. The third-order valence-corrected chi connectivity index (χ3v) is 3.66. The van der Waals surface area contributed by atoms with Crippen LogP contribution < -0.4 is 0 Å². The van der Waals surface area contributed by atoms with E-state index in [1.54, 1.807) is 0 Å². The molecule has 0 atom stereocenters. The van der Waals surface area contributed by atoms with Gasteiger partial charge in [0.15, 0.2) is 0 Å². The Hall–Kier alpha value is -2.78. The monoisotopic (exact) mass is 362 g/mol. The molecule has 0 fully saturated rings. The number of benzene rings is 2. The average molecular weight is 362 g/mol. The molecule has 2 aromatic rings. The zero-order chi connectivity index (χ0) is 18.9. The molecule has 0 aliphatic heterocycles. The third-order valence-electron chi connectivity index (χ3n) is 3.66. The van der Waals surface area contributed by atoms with E-state index in [-0.39, 0.29) is 11.4 Å². The van der Waals surface area contributed by atoms with Crippen LogP contribution in [0.4, 0.5) is 37.7 Å². The summed E-state index contributed by atoms with van der Waals surface area (Å²) in [4.78, 5) is 20.7. The van der Waals surface area contributed by atoms with Gasteiger partial charge in [0, 0.05) is 0 Å². The molecule has 0 radical (unpaired) electrons. The number of rotatable bonds is 4. The van der Waals surface area contributed by atoms with Crippen LogP contribution >= 0.6 is 0 Å². The normalized spacial score (nSPS) is 12.7. The van der Waals surface area contributed by atoms with E-state index in [1.165, 1.54) is 0 Å². The number of halogens is 6. The predicted octanol–water partition coefficient (Wildman–Crippen LogP) is 5.89. The number of hydrogen-bond acceptors (Lipinski definition) is 4. The Bertz CT molecular complexity index is 699. The Labute approximate surface area is 136 Å². The van der Waals surface area contributed by atoms with E-state index in [0.29, 0.717) is 24.3 Å². The molecule has 0 aliphatic rings. The Balaban J connectivity index is 2.84. The Morgan fingerprint density at radius 2 is 0.840 bits per heavy atom. The van der Waals surface area contributed by atoms with Crippen molar-refractivity contribution in [2.24, 2.45) is 10.4 Å². The summed E-state index contributed by atoms with van der Waals surface area (Å²) in [5, 5.41) is 4.91. The molecule has 0 bridgehead atoms. The first-order valence-corrected chi connectivity index (χ1v) is 6.59. The van der Waals surface area contributed by atoms with Crippen LogP contribution in [0.5, 0.6) is 0 Å². The molecule has 0 aromatic heterocycles. The second-order valence-corrected chi connectivity index (χ2v) is 5.02. The van der Waals surface area contributed by atoms with Gasteiger partial charge in [-0.1, -0.05) is 24.3 Å². The number of nitroso groups, excluding NO2 is 2. The lowest BCUT2D eigenvalue weighted by Gasteiger charge is -2.38. The molecular weight excluding hydrogens is 354 g/mol. The van der Waals surface area contributed by atoms with Gasteiger partial charge in [-0.3, -0.25) is 0 Å². The minimum absolute atomic E-state index is 0.317. The zero-order valence-electron chi connectivity index (χ0n) is 12.1. The topological polar surface area (TPSA) is 58.9 Å². The second-order valence-electron chi connectivity index (χ2n) is 5.02. The summed E-state index contributed by atoms with van der Waals surface area (Å²) in [6.07, 6.45) is -11.5. The first-order valence-electron chi connectivity index (χ1n) is 6.59. The number of nitrogens with zero attached hydrogens (tertiary/aromatic N) is 2. The molecule has 4 nitrogen and oxygen atoms in total. The third kappa shape index (κ3) is 2.99. The molecule has 10 heteroatoms. The maximum Gasteiger partial charge on any atom is 0.411 e. The second kappa shape index (κ2) is 6.26. The van der Waals surface area contributed by atoms with Gasteiger partial charge < -0.3 is 0 Å². The van der Waals surface area contributed by atoms with Crippen molar-refractivity contribution >= 4 is 11.4 Å². The quantitative estimate of drug-likeness (QED) is 0.503. The Kier molecular flexibility index (Phi) is 4.65. The minimum Gasteiger partial charge on any atom is -0.169 e. The van der Waals surface area contributed by atoms with Gasteiger partial charge >= 0.3 is 12.4 Å². The largest absolute Gasteiger partial charge is 0.411 e. The fourth-order valence-electron chi connectivity index (χ4n) is 2.53. The van der Waals surface area contributed by atoms with E-state index >= 15 is 0 Å². The van der Waals surface area contributed by atoms with Crippen LogP contribution in [0.25, 0.3) is 0 Å². The van der Waals surface area contributed by atoms with Crippen molar-refractivity contribution < 1.29 is 26.3 Å². The molecule has 0 spiro atoms. The summed E-state index contributed by atoms with van der Waals surface area (Å²) in [6, 6.07) is 5.22.